The number of rotatable bonds is 5. The van der Waals surface area contributed by atoms with Gasteiger partial charge in [0.05, 0.1) is 13.4 Å². The van der Waals surface area contributed by atoms with E-state index >= 15 is 0 Å². The Hall–Kier alpha value is -2.83. The summed E-state index contributed by atoms with van der Waals surface area (Å²) in [4.78, 5) is 28.0. The zero-order valence-corrected chi connectivity index (χ0v) is 13.4. The van der Waals surface area contributed by atoms with Gasteiger partial charge in [-0.3, -0.25) is 9.36 Å². The maximum Gasteiger partial charge on any atom is 0.319 e. The number of anilines is 1. The number of ether oxygens (including phenoxy) is 1. The number of aromatic nitrogens is 2. The Morgan fingerprint density at radius 3 is 2.87 bits per heavy atom. The molecule has 2 aromatic rings. The summed E-state index contributed by atoms with van der Waals surface area (Å²) in [5.41, 5.74) is 1.88. The van der Waals surface area contributed by atoms with Gasteiger partial charge in [0.1, 0.15) is 5.75 Å². The fourth-order valence-electron chi connectivity index (χ4n) is 2.00. The Kier molecular flexibility index (Phi) is 5.35. The van der Waals surface area contributed by atoms with Crippen LogP contribution in [0, 0.1) is 13.8 Å². The first-order chi connectivity index (χ1) is 11.0. The summed E-state index contributed by atoms with van der Waals surface area (Å²) in [6.07, 6.45) is 1.49. The molecule has 1 aromatic carbocycles. The summed E-state index contributed by atoms with van der Waals surface area (Å²) in [5.74, 6) is 0.663. The zero-order chi connectivity index (χ0) is 16.8. The lowest BCUT2D eigenvalue weighted by molar-refractivity contribution is 0.251. The maximum absolute atomic E-state index is 12.0. The van der Waals surface area contributed by atoms with E-state index in [2.05, 4.69) is 15.6 Å². The van der Waals surface area contributed by atoms with Crippen LogP contribution in [-0.2, 0) is 6.54 Å². The molecule has 7 nitrogen and oxygen atoms in total. The Labute approximate surface area is 134 Å². The molecule has 7 heteroatoms. The highest BCUT2D eigenvalue weighted by Crippen LogP contribution is 2.16. The fraction of sp³-hybridized carbons (Fsp3) is 0.312. The van der Waals surface area contributed by atoms with E-state index in [1.807, 2.05) is 0 Å². The minimum Gasteiger partial charge on any atom is -0.497 e. The van der Waals surface area contributed by atoms with Gasteiger partial charge >= 0.3 is 6.03 Å². The number of hydrogen-bond acceptors (Lipinski definition) is 4. The van der Waals surface area contributed by atoms with Crippen LogP contribution in [-0.4, -0.2) is 29.2 Å². The number of carbonyl (C=O) groups excluding carboxylic acids is 1. The first-order valence-electron chi connectivity index (χ1n) is 7.23. The van der Waals surface area contributed by atoms with Crippen molar-refractivity contribution < 1.29 is 9.53 Å². The van der Waals surface area contributed by atoms with Gasteiger partial charge in [-0.1, -0.05) is 6.07 Å². The average molecular weight is 316 g/mol. The van der Waals surface area contributed by atoms with Crippen molar-refractivity contribution in [3.63, 3.8) is 0 Å². The summed E-state index contributed by atoms with van der Waals surface area (Å²) in [6, 6.07) is 6.72. The predicted molar refractivity (Wildman–Crippen MR) is 88.0 cm³/mol. The quantitative estimate of drug-likeness (QED) is 0.879. The van der Waals surface area contributed by atoms with Crippen LogP contribution in [0.5, 0.6) is 5.75 Å². The van der Waals surface area contributed by atoms with E-state index in [4.69, 9.17) is 4.74 Å². The molecule has 1 heterocycles. The molecular formula is C16H20N4O3. The topological polar surface area (TPSA) is 85.2 Å². The normalized spacial score (nSPS) is 10.2. The lowest BCUT2D eigenvalue weighted by atomic mass is 10.3. The molecular weight excluding hydrogens is 296 g/mol. The number of benzene rings is 1. The monoisotopic (exact) mass is 316 g/mol. The van der Waals surface area contributed by atoms with Crippen LogP contribution in [0.15, 0.2) is 35.4 Å². The highest BCUT2D eigenvalue weighted by molar-refractivity contribution is 5.89. The summed E-state index contributed by atoms with van der Waals surface area (Å²) >= 11 is 0. The molecule has 2 rings (SSSR count). The van der Waals surface area contributed by atoms with Gasteiger partial charge in [0.2, 0.25) is 0 Å². The van der Waals surface area contributed by atoms with E-state index in [9.17, 15) is 9.59 Å². The molecule has 0 radical (unpaired) electrons. The van der Waals surface area contributed by atoms with Gasteiger partial charge in [0, 0.05) is 36.1 Å². The van der Waals surface area contributed by atoms with Crippen LogP contribution in [0.1, 0.15) is 11.3 Å². The highest BCUT2D eigenvalue weighted by atomic mass is 16.5. The first kappa shape index (κ1) is 16.5. The molecule has 0 bridgehead atoms. The third kappa shape index (κ3) is 4.32. The zero-order valence-electron chi connectivity index (χ0n) is 13.4. The van der Waals surface area contributed by atoms with Crippen molar-refractivity contribution in [1.82, 2.24) is 14.9 Å². The number of methoxy groups -OCH3 is 1. The second kappa shape index (κ2) is 7.44. The Balaban J connectivity index is 1.88. The number of carbonyl (C=O) groups is 1. The molecule has 0 aliphatic heterocycles. The van der Waals surface area contributed by atoms with E-state index < -0.39 is 0 Å². The molecule has 0 saturated heterocycles. The standard InChI is InChI=1S/C16H20N4O3/c1-11-12(2)18-10-20(15(11)21)8-7-17-16(22)19-13-5-4-6-14(9-13)23-3/h4-6,9-10H,7-8H2,1-3H3,(H2,17,19,22). The fourth-order valence-corrected chi connectivity index (χ4v) is 2.00. The molecule has 2 amide bonds. The second-order valence-electron chi connectivity index (χ2n) is 5.07. The summed E-state index contributed by atoms with van der Waals surface area (Å²) in [5, 5.41) is 5.40. The molecule has 0 atom stereocenters. The molecule has 23 heavy (non-hydrogen) atoms. The molecule has 0 aliphatic rings. The summed E-state index contributed by atoms with van der Waals surface area (Å²) in [7, 11) is 1.56. The van der Waals surface area contributed by atoms with Crippen LogP contribution in [0.3, 0.4) is 0 Å². The largest absolute Gasteiger partial charge is 0.497 e. The Morgan fingerprint density at radius 2 is 2.13 bits per heavy atom. The smallest absolute Gasteiger partial charge is 0.319 e. The first-order valence-corrected chi connectivity index (χ1v) is 7.23. The second-order valence-corrected chi connectivity index (χ2v) is 5.07. The molecule has 122 valence electrons. The molecule has 0 unspecified atom stereocenters. The number of nitrogens with zero attached hydrogens (tertiary/aromatic N) is 2. The summed E-state index contributed by atoms with van der Waals surface area (Å²) in [6.45, 7) is 4.21. The predicted octanol–water partition coefficient (Wildman–Crippen LogP) is 1.69. The van der Waals surface area contributed by atoms with Gasteiger partial charge in [0.25, 0.3) is 5.56 Å². The van der Waals surface area contributed by atoms with E-state index in [0.29, 0.717) is 30.1 Å². The molecule has 0 aliphatic carbocycles. The Bertz CT molecular complexity index is 755. The van der Waals surface area contributed by atoms with Crippen molar-refractivity contribution >= 4 is 11.7 Å². The minimum absolute atomic E-state index is 0.0903. The number of urea groups is 1. The van der Waals surface area contributed by atoms with Crippen molar-refractivity contribution in [3.8, 4) is 5.75 Å². The van der Waals surface area contributed by atoms with E-state index in [1.54, 1.807) is 45.2 Å². The van der Waals surface area contributed by atoms with Gasteiger partial charge in [-0.25, -0.2) is 9.78 Å². The van der Waals surface area contributed by atoms with E-state index in [1.165, 1.54) is 10.9 Å². The Morgan fingerprint density at radius 1 is 1.35 bits per heavy atom. The highest BCUT2D eigenvalue weighted by Gasteiger charge is 2.05. The van der Waals surface area contributed by atoms with Crippen molar-refractivity contribution in [2.75, 3.05) is 19.0 Å². The van der Waals surface area contributed by atoms with Crippen LogP contribution in [0.4, 0.5) is 10.5 Å². The van der Waals surface area contributed by atoms with Crippen LogP contribution < -0.4 is 20.9 Å². The van der Waals surface area contributed by atoms with E-state index in [-0.39, 0.29) is 11.6 Å². The molecule has 0 fully saturated rings. The number of nitrogens with one attached hydrogen (secondary N) is 2. The molecule has 1 aromatic heterocycles. The minimum atomic E-state index is -0.344. The maximum atomic E-state index is 12.0. The third-order valence-electron chi connectivity index (χ3n) is 3.48. The third-order valence-corrected chi connectivity index (χ3v) is 3.48. The van der Waals surface area contributed by atoms with Crippen LogP contribution >= 0.6 is 0 Å². The average Bonchev–Trinajstić information content (AvgIpc) is 2.55. The van der Waals surface area contributed by atoms with E-state index in [0.717, 1.165) is 5.69 Å². The molecule has 2 N–H and O–H groups in total. The number of amides is 2. The SMILES string of the molecule is COc1cccc(NC(=O)NCCn2cnc(C)c(C)c2=O)c1. The molecule has 0 spiro atoms. The van der Waals surface area contributed by atoms with Gasteiger partial charge in [-0.15, -0.1) is 0 Å². The van der Waals surface area contributed by atoms with Crippen LogP contribution in [0.25, 0.3) is 0 Å². The molecule has 0 saturated carbocycles. The van der Waals surface area contributed by atoms with Crippen molar-refractivity contribution in [2.24, 2.45) is 0 Å². The lowest BCUT2D eigenvalue weighted by Crippen LogP contribution is -2.34. The van der Waals surface area contributed by atoms with Gasteiger partial charge < -0.3 is 15.4 Å². The van der Waals surface area contributed by atoms with Crippen molar-refractivity contribution in [2.45, 2.75) is 20.4 Å². The number of aryl methyl sites for hydroxylation is 1. The van der Waals surface area contributed by atoms with Crippen LogP contribution in [0.2, 0.25) is 0 Å². The van der Waals surface area contributed by atoms with Gasteiger partial charge in [0.15, 0.2) is 0 Å². The van der Waals surface area contributed by atoms with Crippen molar-refractivity contribution in [3.05, 3.63) is 52.2 Å². The summed E-state index contributed by atoms with van der Waals surface area (Å²) < 4.78 is 6.57. The number of hydrogen-bond donors (Lipinski definition) is 2. The van der Waals surface area contributed by atoms with Crippen molar-refractivity contribution in [1.29, 1.82) is 0 Å². The lowest BCUT2D eigenvalue weighted by Gasteiger charge is -2.10. The van der Waals surface area contributed by atoms with Gasteiger partial charge in [-0.05, 0) is 26.0 Å². The van der Waals surface area contributed by atoms with Gasteiger partial charge in [-0.2, -0.15) is 0 Å².